The fourth-order valence-electron chi connectivity index (χ4n) is 0. The molecule has 0 aromatic heterocycles. The summed E-state index contributed by atoms with van der Waals surface area (Å²) in [5.41, 5.74) is 0. The first kappa shape index (κ1) is 11.0. The van der Waals surface area contributed by atoms with E-state index in [0.29, 0.717) is 25.8 Å². The van der Waals surface area contributed by atoms with Crippen molar-refractivity contribution in [3.05, 3.63) is 0 Å². The summed E-state index contributed by atoms with van der Waals surface area (Å²) in [5.74, 6) is 0. The van der Waals surface area contributed by atoms with Gasteiger partial charge in [0.05, 0.1) is 0 Å². The summed E-state index contributed by atoms with van der Waals surface area (Å²) < 4.78 is 0. The third-order valence-electron chi connectivity index (χ3n) is 0. The van der Waals surface area contributed by atoms with Crippen molar-refractivity contribution in [2.24, 2.45) is 0 Å². The fraction of sp³-hybridized carbons (Fsp3) is 0. The van der Waals surface area contributed by atoms with Gasteiger partial charge in [-0.1, -0.05) is 0 Å². The van der Waals surface area contributed by atoms with Crippen LogP contribution in [0.5, 0.6) is 0 Å². The second-order valence-corrected chi connectivity index (χ2v) is 3.53. The van der Waals surface area contributed by atoms with Gasteiger partial charge < -0.3 is 0 Å². The van der Waals surface area contributed by atoms with Gasteiger partial charge in [0.15, 0.2) is 0 Å². The van der Waals surface area contributed by atoms with Gasteiger partial charge in [0.2, 0.25) is 0 Å². The third kappa shape index (κ3) is 35.0. The maximum absolute atomic E-state index is 4.73. The second kappa shape index (κ2) is 15.7. The van der Waals surface area contributed by atoms with Crippen molar-refractivity contribution in [1.29, 1.82) is 0 Å². The van der Waals surface area contributed by atoms with E-state index in [-0.39, 0.29) is 0 Å². The van der Waals surface area contributed by atoms with E-state index >= 15 is 0 Å². The van der Waals surface area contributed by atoms with Gasteiger partial charge >= 0.3 is 66.4 Å². The molecule has 0 bridgehead atoms. The predicted molar refractivity (Wildman–Crippen MR) is 23.4 cm³/mol. The topological polar surface area (TPSA) is 0 Å². The van der Waals surface area contributed by atoms with Crippen molar-refractivity contribution in [1.82, 2.24) is 0 Å². The zero-order valence-electron chi connectivity index (χ0n) is 2.18. The quantitative estimate of drug-likeness (QED) is 0.628. The van der Waals surface area contributed by atoms with Gasteiger partial charge in [-0.3, -0.25) is 0 Å². The van der Waals surface area contributed by atoms with Gasteiger partial charge in [-0.05, 0) is 0 Å². The molecule has 6 heteroatoms. The minimum absolute atomic E-state index is 0.382. The van der Waals surface area contributed by atoms with Crippen molar-refractivity contribution in [3.63, 3.8) is 0 Å². The van der Waals surface area contributed by atoms with E-state index < -0.39 is 0 Å². The van der Waals surface area contributed by atoms with Crippen LogP contribution >= 0.6 is 40.6 Å². The number of hydrogen-bond acceptors (Lipinski definition) is 0. The molecule has 0 atom stereocenters. The molecule has 0 heterocycles. The van der Waals surface area contributed by atoms with Crippen molar-refractivity contribution < 1.29 is 25.8 Å². The van der Waals surface area contributed by atoms with E-state index in [1.165, 1.54) is 0 Å². The van der Waals surface area contributed by atoms with Crippen LogP contribution in [0.2, 0.25) is 0 Å². The van der Waals surface area contributed by atoms with Gasteiger partial charge in [-0.25, -0.2) is 0 Å². The Morgan fingerprint density at radius 1 is 0.667 bits per heavy atom. The van der Waals surface area contributed by atoms with Gasteiger partial charge in [-0.2, -0.15) is 0 Å². The summed E-state index contributed by atoms with van der Waals surface area (Å²) in [6, 6.07) is 0. The molecule has 0 saturated carbocycles. The molecule has 0 N–H and O–H groups in total. The summed E-state index contributed by atoms with van der Waals surface area (Å²) in [7, 11) is 18.9. The monoisotopic (exact) mass is 258 g/mol. The molecule has 46 valence electrons. The molecule has 0 aliphatic heterocycles. The van der Waals surface area contributed by atoms with Crippen LogP contribution in [0.1, 0.15) is 0 Å². The van der Waals surface area contributed by atoms with Crippen LogP contribution in [0.25, 0.3) is 0 Å². The van der Waals surface area contributed by atoms with Crippen molar-refractivity contribution >= 4 is 40.6 Å². The second-order valence-electron chi connectivity index (χ2n) is 0.0952. The molecule has 0 aromatic rings. The summed E-state index contributed by atoms with van der Waals surface area (Å²) in [4.78, 5) is 0. The predicted octanol–water partition coefficient (Wildman–Crippen LogP) is 2.75. The molecule has 0 aromatic carbocycles. The SMILES string of the molecule is [Cl][Co][Cl].[Cl][Co][Cl]. The molecule has 0 radical (unpaired) electrons. The molecule has 0 nitrogen and oxygen atoms in total. The van der Waals surface area contributed by atoms with Crippen molar-refractivity contribution in [3.8, 4) is 0 Å². The molecule has 0 amide bonds. The van der Waals surface area contributed by atoms with Crippen LogP contribution in [0.3, 0.4) is 0 Å². The van der Waals surface area contributed by atoms with Crippen LogP contribution in [0.15, 0.2) is 0 Å². The molecule has 0 unspecified atom stereocenters. The zero-order chi connectivity index (χ0) is 5.41. The number of rotatable bonds is 0. The van der Waals surface area contributed by atoms with E-state index in [2.05, 4.69) is 0 Å². The Balaban J connectivity index is 0. The Labute approximate surface area is 65.8 Å². The van der Waals surface area contributed by atoms with Gasteiger partial charge in [0, 0.05) is 0 Å². The summed E-state index contributed by atoms with van der Waals surface area (Å²) in [6.07, 6.45) is 0. The third-order valence-corrected chi connectivity index (χ3v) is 0. The first-order valence-corrected chi connectivity index (χ1v) is 6.23. The van der Waals surface area contributed by atoms with Crippen LogP contribution in [0, 0.1) is 0 Å². The van der Waals surface area contributed by atoms with Crippen LogP contribution < -0.4 is 0 Å². The molecule has 0 fully saturated rings. The first-order valence-electron chi connectivity index (χ1n) is 0.504. The molecule has 6 heavy (non-hydrogen) atoms. The standard InChI is InChI=1S/4ClH.2Co/h4*1H;;/q;;;;2*+2/p-4. The van der Waals surface area contributed by atoms with Crippen LogP contribution in [0.4, 0.5) is 0 Å². The Morgan fingerprint density at radius 3 is 0.667 bits per heavy atom. The average Bonchev–Trinajstić information content (AvgIpc) is 1.39. The van der Waals surface area contributed by atoms with E-state index in [1.807, 2.05) is 0 Å². The Morgan fingerprint density at radius 2 is 0.667 bits per heavy atom. The van der Waals surface area contributed by atoms with Crippen molar-refractivity contribution in [2.45, 2.75) is 0 Å². The first-order chi connectivity index (χ1) is 2.83. The van der Waals surface area contributed by atoms with Crippen LogP contribution in [-0.4, -0.2) is 0 Å². The summed E-state index contributed by atoms with van der Waals surface area (Å²) in [6.45, 7) is 0. The maximum atomic E-state index is 4.73. The van der Waals surface area contributed by atoms with Gasteiger partial charge in [-0.15, -0.1) is 0 Å². The molecule has 0 aliphatic carbocycles. The minimum atomic E-state index is 0.382. The van der Waals surface area contributed by atoms with E-state index in [4.69, 9.17) is 40.6 Å². The molecular weight excluding hydrogens is 260 g/mol. The van der Waals surface area contributed by atoms with E-state index in [0.717, 1.165) is 0 Å². The summed E-state index contributed by atoms with van der Waals surface area (Å²) in [5, 5.41) is 0. The van der Waals surface area contributed by atoms with Gasteiger partial charge in [0.1, 0.15) is 0 Å². The Kier molecular flexibility index (Phi) is 28.9. The zero-order valence-corrected chi connectivity index (χ0v) is 7.28. The number of hydrogen-bond donors (Lipinski definition) is 0. The molecule has 0 rings (SSSR count). The van der Waals surface area contributed by atoms with Gasteiger partial charge in [0.25, 0.3) is 0 Å². The normalized spacial score (nSPS) is 7.33. The molecule has 0 spiro atoms. The van der Waals surface area contributed by atoms with Crippen LogP contribution in [-0.2, 0) is 25.8 Å². The molecular formula is Cl4Co2. The number of halogens is 4. The summed E-state index contributed by atoms with van der Waals surface area (Å²) >= 11 is 0.764. The average molecular weight is 260 g/mol. The molecule has 0 saturated heterocycles. The van der Waals surface area contributed by atoms with Crippen molar-refractivity contribution in [2.75, 3.05) is 0 Å². The Hall–Kier alpha value is 2.17. The fourth-order valence-corrected chi connectivity index (χ4v) is 0. The van der Waals surface area contributed by atoms with E-state index in [1.54, 1.807) is 0 Å². The van der Waals surface area contributed by atoms with E-state index in [9.17, 15) is 0 Å². The molecule has 0 aliphatic rings. The Bertz CT molecular complexity index is 7.51.